The topological polar surface area (TPSA) is 59.6 Å². The van der Waals surface area contributed by atoms with Crippen LogP contribution in [-0.4, -0.2) is 43.5 Å². The number of hydrogen-bond donors (Lipinski definition) is 3. The van der Waals surface area contributed by atoms with E-state index in [0.29, 0.717) is 6.54 Å². The molecule has 0 spiro atoms. The van der Waals surface area contributed by atoms with Gasteiger partial charge in [0.25, 0.3) is 0 Å². The van der Waals surface area contributed by atoms with Gasteiger partial charge in [-0.05, 0) is 35.4 Å². The van der Waals surface area contributed by atoms with E-state index in [4.69, 9.17) is 0 Å². The third kappa shape index (κ3) is 5.25. The van der Waals surface area contributed by atoms with E-state index >= 15 is 0 Å². The number of hydrogen-bond acceptors (Lipinski definition) is 5. The molecule has 6 heteroatoms. The van der Waals surface area contributed by atoms with Crippen molar-refractivity contribution in [1.82, 2.24) is 15.8 Å². The molecule has 5 rings (SSSR count). The van der Waals surface area contributed by atoms with Crippen LogP contribution in [0.2, 0.25) is 0 Å². The highest BCUT2D eigenvalue weighted by molar-refractivity contribution is 5.93. The maximum absolute atomic E-state index is 13.0. The lowest BCUT2D eigenvalue weighted by Crippen LogP contribution is -2.45. The van der Waals surface area contributed by atoms with Gasteiger partial charge in [-0.1, -0.05) is 60.7 Å². The van der Waals surface area contributed by atoms with Gasteiger partial charge < -0.3 is 10.2 Å². The Morgan fingerprint density at radius 3 is 2.21 bits per heavy atom. The van der Waals surface area contributed by atoms with Crippen LogP contribution in [0.5, 0.6) is 0 Å². The molecule has 0 bridgehead atoms. The Morgan fingerprint density at radius 2 is 1.52 bits per heavy atom. The van der Waals surface area contributed by atoms with Crippen LogP contribution in [0.4, 0.5) is 11.4 Å². The van der Waals surface area contributed by atoms with Crippen molar-refractivity contribution in [2.45, 2.75) is 12.6 Å². The molecule has 2 heterocycles. The van der Waals surface area contributed by atoms with Crippen LogP contribution in [0.15, 0.2) is 84.9 Å². The second-order valence-corrected chi connectivity index (χ2v) is 8.81. The third-order valence-corrected chi connectivity index (χ3v) is 6.60. The Hall–Kier alpha value is -3.19. The van der Waals surface area contributed by atoms with Gasteiger partial charge in [-0.15, -0.1) is 0 Å². The number of hydrazine groups is 1. The molecule has 1 amide bonds. The smallest absolute Gasteiger partial charge is 0.230 e. The zero-order chi connectivity index (χ0) is 22.5. The average molecular weight is 442 g/mol. The normalized spacial score (nSPS) is 21.2. The SMILES string of the molecule is O=C(Nc1ccc(N2CCN(Cc3ccccc3)CC2)cc1)C1CNNC1c1ccccc1. The van der Waals surface area contributed by atoms with Crippen molar-refractivity contribution in [2.24, 2.45) is 5.92 Å². The zero-order valence-corrected chi connectivity index (χ0v) is 18.8. The van der Waals surface area contributed by atoms with Gasteiger partial charge in [-0.3, -0.25) is 15.1 Å². The van der Waals surface area contributed by atoms with Crippen molar-refractivity contribution >= 4 is 17.3 Å². The molecule has 2 aliphatic rings. The molecule has 0 saturated carbocycles. The molecule has 33 heavy (non-hydrogen) atoms. The number of nitrogens with one attached hydrogen (secondary N) is 3. The van der Waals surface area contributed by atoms with Gasteiger partial charge in [-0.2, -0.15) is 0 Å². The summed E-state index contributed by atoms with van der Waals surface area (Å²) in [5.74, 6) is -0.131. The molecule has 2 saturated heterocycles. The van der Waals surface area contributed by atoms with E-state index in [9.17, 15) is 4.79 Å². The second kappa shape index (κ2) is 10.2. The lowest BCUT2D eigenvalue weighted by atomic mass is 9.94. The molecule has 3 N–H and O–H groups in total. The Balaban J connectivity index is 1.14. The molecule has 2 fully saturated rings. The molecule has 2 atom stereocenters. The summed E-state index contributed by atoms with van der Waals surface area (Å²) in [7, 11) is 0. The number of nitrogens with zero attached hydrogens (tertiary/aromatic N) is 2. The fraction of sp³-hybridized carbons (Fsp3) is 0.296. The van der Waals surface area contributed by atoms with Crippen LogP contribution in [0.25, 0.3) is 0 Å². The van der Waals surface area contributed by atoms with Gasteiger partial charge >= 0.3 is 0 Å². The summed E-state index contributed by atoms with van der Waals surface area (Å²) >= 11 is 0. The van der Waals surface area contributed by atoms with E-state index in [0.717, 1.165) is 44.0 Å². The van der Waals surface area contributed by atoms with Crippen molar-refractivity contribution in [3.8, 4) is 0 Å². The summed E-state index contributed by atoms with van der Waals surface area (Å²) in [6.07, 6.45) is 0. The molecule has 170 valence electrons. The van der Waals surface area contributed by atoms with Crippen LogP contribution < -0.4 is 21.1 Å². The van der Waals surface area contributed by atoms with E-state index in [1.807, 2.05) is 30.3 Å². The first-order chi connectivity index (χ1) is 16.3. The maximum Gasteiger partial charge on any atom is 0.230 e. The van der Waals surface area contributed by atoms with Crippen LogP contribution in [0.3, 0.4) is 0 Å². The standard InChI is InChI=1S/C27H31N5O/c33-27(25-19-28-30-26(25)22-9-5-2-6-10-22)29-23-11-13-24(14-12-23)32-17-15-31(16-18-32)20-21-7-3-1-4-8-21/h1-14,25-26,28,30H,15-20H2,(H,29,33). The number of rotatable bonds is 6. The van der Waals surface area contributed by atoms with Gasteiger partial charge in [0.15, 0.2) is 0 Å². The van der Waals surface area contributed by atoms with Crippen molar-refractivity contribution in [3.63, 3.8) is 0 Å². The van der Waals surface area contributed by atoms with Crippen LogP contribution >= 0.6 is 0 Å². The average Bonchev–Trinajstić information content (AvgIpc) is 3.37. The summed E-state index contributed by atoms with van der Waals surface area (Å²) in [5.41, 5.74) is 10.9. The molecule has 3 aromatic carbocycles. The highest BCUT2D eigenvalue weighted by Crippen LogP contribution is 2.27. The minimum absolute atomic E-state index is 0.0299. The monoisotopic (exact) mass is 441 g/mol. The lowest BCUT2D eigenvalue weighted by Gasteiger charge is -2.36. The van der Waals surface area contributed by atoms with Gasteiger partial charge in [0.2, 0.25) is 5.91 Å². The molecule has 0 aromatic heterocycles. The number of benzene rings is 3. The Bertz CT molecular complexity index is 1030. The first-order valence-electron chi connectivity index (χ1n) is 11.7. The van der Waals surface area contributed by atoms with Gasteiger partial charge in [0.1, 0.15) is 0 Å². The molecular weight excluding hydrogens is 410 g/mol. The Labute approximate surface area is 195 Å². The van der Waals surface area contributed by atoms with Gasteiger partial charge in [0, 0.05) is 50.6 Å². The first kappa shape index (κ1) is 21.6. The number of anilines is 2. The molecule has 6 nitrogen and oxygen atoms in total. The molecule has 0 aliphatic carbocycles. The molecule has 2 unspecified atom stereocenters. The first-order valence-corrected chi connectivity index (χ1v) is 11.7. The van der Waals surface area contributed by atoms with E-state index in [2.05, 4.69) is 80.6 Å². The van der Waals surface area contributed by atoms with Crippen LogP contribution in [-0.2, 0) is 11.3 Å². The Kier molecular flexibility index (Phi) is 6.67. The Morgan fingerprint density at radius 1 is 0.848 bits per heavy atom. The predicted octanol–water partition coefficient (Wildman–Crippen LogP) is 3.41. The lowest BCUT2D eigenvalue weighted by molar-refractivity contribution is -0.119. The van der Waals surface area contributed by atoms with Crippen LogP contribution in [0, 0.1) is 5.92 Å². The van der Waals surface area contributed by atoms with E-state index in [1.165, 1.54) is 11.3 Å². The minimum atomic E-state index is -0.162. The van der Waals surface area contributed by atoms with Gasteiger partial charge in [-0.25, -0.2) is 5.43 Å². The molecule has 2 aliphatic heterocycles. The number of piperazine rings is 1. The number of carbonyl (C=O) groups is 1. The fourth-order valence-corrected chi connectivity index (χ4v) is 4.71. The summed E-state index contributed by atoms with van der Waals surface area (Å²) in [6.45, 7) is 5.74. The molecule has 0 radical (unpaired) electrons. The summed E-state index contributed by atoms with van der Waals surface area (Å²) < 4.78 is 0. The van der Waals surface area contributed by atoms with Crippen molar-refractivity contribution in [1.29, 1.82) is 0 Å². The molecular formula is C27H31N5O. The summed E-state index contributed by atoms with van der Waals surface area (Å²) in [6, 6.07) is 29.0. The quantitative estimate of drug-likeness (QED) is 0.547. The summed E-state index contributed by atoms with van der Waals surface area (Å²) in [5, 5.41) is 3.10. The van der Waals surface area contributed by atoms with E-state index < -0.39 is 0 Å². The number of carbonyl (C=O) groups excluding carboxylic acids is 1. The maximum atomic E-state index is 13.0. The van der Waals surface area contributed by atoms with E-state index in [1.54, 1.807) is 0 Å². The highest BCUT2D eigenvalue weighted by atomic mass is 16.2. The molecule has 3 aromatic rings. The van der Waals surface area contributed by atoms with Crippen molar-refractivity contribution < 1.29 is 4.79 Å². The largest absolute Gasteiger partial charge is 0.369 e. The van der Waals surface area contributed by atoms with Crippen molar-refractivity contribution in [2.75, 3.05) is 42.9 Å². The summed E-state index contributed by atoms with van der Waals surface area (Å²) in [4.78, 5) is 17.9. The van der Waals surface area contributed by atoms with Crippen molar-refractivity contribution in [3.05, 3.63) is 96.1 Å². The number of amides is 1. The third-order valence-electron chi connectivity index (χ3n) is 6.60. The fourth-order valence-electron chi connectivity index (χ4n) is 4.71. The van der Waals surface area contributed by atoms with Crippen LogP contribution in [0.1, 0.15) is 17.2 Å². The predicted molar refractivity (Wildman–Crippen MR) is 133 cm³/mol. The van der Waals surface area contributed by atoms with Gasteiger partial charge in [0.05, 0.1) is 12.0 Å². The van der Waals surface area contributed by atoms with E-state index in [-0.39, 0.29) is 17.9 Å². The minimum Gasteiger partial charge on any atom is -0.369 e. The highest BCUT2D eigenvalue weighted by Gasteiger charge is 2.33. The zero-order valence-electron chi connectivity index (χ0n) is 18.8. The second-order valence-electron chi connectivity index (χ2n) is 8.81.